The average Bonchev–Trinajstić information content (AvgIpc) is 2.47. The molecule has 0 saturated carbocycles. The number of aliphatic carboxylic acids is 1. The van der Waals surface area contributed by atoms with Crippen molar-refractivity contribution in [2.75, 3.05) is 0 Å². The van der Waals surface area contributed by atoms with E-state index in [1.165, 1.54) is 6.33 Å². The van der Waals surface area contributed by atoms with E-state index in [1.54, 1.807) is 6.20 Å². The molecule has 0 saturated heterocycles. The third-order valence-corrected chi connectivity index (χ3v) is 2.15. The molecule has 0 fully saturated rings. The van der Waals surface area contributed by atoms with Crippen LogP contribution >= 0.6 is 0 Å². The lowest BCUT2D eigenvalue weighted by molar-refractivity contribution is -0.138. The fraction of sp³-hybridized carbons (Fsp3) is 0.375. The van der Waals surface area contributed by atoms with Crippen LogP contribution in [0.4, 0.5) is 0 Å². The van der Waals surface area contributed by atoms with Gasteiger partial charge < -0.3 is 5.11 Å². The molecule has 4 nitrogen and oxygen atoms in total. The molecule has 1 aromatic rings. The van der Waals surface area contributed by atoms with E-state index in [9.17, 15) is 4.79 Å². The summed E-state index contributed by atoms with van der Waals surface area (Å²) in [7, 11) is 0. The SMILES string of the molecule is O=C(O)C1CCc2cncnc21. The van der Waals surface area contributed by atoms with Crippen molar-refractivity contribution in [1.29, 1.82) is 0 Å². The Balaban J connectivity index is 2.42. The molecule has 1 aliphatic rings. The van der Waals surface area contributed by atoms with Gasteiger partial charge in [0.25, 0.3) is 0 Å². The van der Waals surface area contributed by atoms with Crippen LogP contribution < -0.4 is 0 Å². The van der Waals surface area contributed by atoms with Crippen molar-refractivity contribution < 1.29 is 9.90 Å². The number of rotatable bonds is 1. The van der Waals surface area contributed by atoms with E-state index in [-0.39, 0.29) is 0 Å². The van der Waals surface area contributed by atoms with Gasteiger partial charge in [0, 0.05) is 6.20 Å². The maximum absolute atomic E-state index is 10.7. The van der Waals surface area contributed by atoms with Gasteiger partial charge in [-0.05, 0) is 18.4 Å². The fourth-order valence-electron chi connectivity index (χ4n) is 1.55. The highest BCUT2D eigenvalue weighted by atomic mass is 16.4. The summed E-state index contributed by atoms with van der Waals surface area (Å²) in [5, 5.41) is 8.80. The summed E-state index contributed by atoms with van der Waals surface area (Å²) in [6.45, 7) is 0. The number of hydrogen-bond acceptors (Lipinski definition) is 3. The van der Waals surface area contributed by atoms with Crippen molar-refractivity contribution in [2.24, 2.45) is 0 Å². The van der Waals surface area contributed by atoms with Gasteiger partial charge in [-0.1, -0.05) is 0 Å². The zero-order valence-electron chi connectivity index (χ0n) is 6.40. The average molecular weight is 164 g/mol. The maximum atomic E-state index is 10.7. The molecule has 0 radical (unpaired) electrons. The molecule has 1 aliphatic carbocycles. The number of carboxylic acids is 1. The minimum atomic E-state index is -0.785. The van der Waals surface area contributed by atoms with Crippen LogP contribution in [-0.2, 0) is 11.2 Å². The number of aromatic nitrogens is 2. The Morgan fingerprint density at radius 3 is 3.25 bits per heavy atom. The quantitative estimate of drug-likeness (QED) is 0.659. The van der Waals surface area contributed by atoms with Gasteiger partial charge in [0.15, 0.2) is 0 Å². The number of hydrogen-bond donors (Lipinski definition) is 1. The third kappa shape index (κ3) is 0.958. The van der Waals surface area contributed by atoms with Gasteiger partial charge in [-0.3, -0.25) is 4.79 Å². The molecule has 62 valence electrons. The van der Waals surface area contributed by atoms with Crippen LogP contribution in [0.2, 0.25) is 0 Å². The van der Waals surface area contributed by atoms with Crippen LogP contribution in [0.3, 0.4) is 0 Å². The van der Waals surface area contributed by atoms with Gasteiger partial charge in [0.05, 0.1) is 11.6 Å². The van der Waals surface area contributed by atoms with Crippen LogP contribution in [-0.4, -0.2) is 21.0 Å². The Labute approximate surface area is 69.3 Å². The number of aryl methyl sites for hydroxylation is 1. The molecule has 4 heteroatoms. The first-order chi connectivity index (χ1) is 5.79. The Morgan fingerprint density at radius 2 is 2.50 bits per heavy atom. The molecular formula is C8H8N2O2. The van der Waals surface area contributed by atoms with Crippen LogP contribution in [0.15, 0.2) is 12.5 Å². The molecule has 1 unspecified atom stereocenters. The van der Waals surface area contributed by atoms with Gasteiger partial charge in [-0.25, -0.2) is 9.97 Å². The highest BCUT2D eigenvalue weighted by molar-refractivity contribution is 5.76. The van der Waals surface area contributed by atoms with Gasteiger partial charge in [-0.2, -0.15) is 0 Å². The molecular weight excluding hydrogens is 156 g/mol. The first-order valence-electron chi connectivity index (χ1n) is 3.80. The minimum Gasteiger partial charge on any atom is -0.481 e. The number of carbonyl (C=O) groups is 1. The molecule has 1 atom stereocenters. The topological polar surface area (TPSA) is 63.1 Å². The standard InChI is InChI=1S/C8H8N2O2/c11-8(12)6-2-1-5-3-9-4-10-7(5)6/h3-4,6H,1-2H2,(H,11,12). The van der Waals surface area contributed by atoms with Gasteiger partial charge >= 0.3 is 5.97 Å². The molecule has 12 heavy (non-hydrogen) atoms. The summed E-state index contributed by atoms with van der Waals surface area (Å²) in [5.74, 6) is -1.20. The summed E-state index contributed by atoms with van der Waals surface area (Å²) in [6, 6.07) is 0. The van der Waals surface area contributed by atoms with Crippen LogP contribution in [0.1, 0.15) is 23.6 Å². The predicted molar refractivity (Wildman–Crippen MR) is 40.7 cm³/mol. The summed E-state index contributed by atoms with van der Waals surface area (Å²) in [4.78, 5) is 18.5. The summed E-state index contributed by atoms with van der Waals surface area (Å²) in [6.07, 6.45) is 4.54. The normalized spacial score (nSPS) is 20.5. The molecule has 1 aromatic heterocycles. The zero-order chi connectivity index (χ0) is 8.55. The molecule has 0 aliphatic heterocycles. The van der Waals surface area contributed by atoms with Crippen LogP contribution in [0.25, 0.3) is 0 Å². The zero-order valence-corrected chi connectivity index (χ0v) is 6.40. The largest absolute Gasteiger partial charge is 0.481 e. The number of carboxylic acid groups (broad SMARTS) is 1. The van der Waals surface area contributed by atoms with E-state index in [1.807, 2.05) is 0 Å². The van der Waals surface area contributed by atoms with Crippen LogP contribution in [0, 0.1) is 0 Å². The number of fused-ring (bicyclic) bond motifs is 1. The highest BCUT2D eigenvalue weighted by Crippen LogP contribution is 2.30. The van der Waals surface area contributed by atoms with Crippen molar-refractivity contribution in [3.8, 4) is 0 Å². The Morgan fingerprint density at radius 1 is 1.67 bits per heavy atom. The van der Waals surface area contributed by atoms with E-state index < -0.39 is 11.9 Å². The lowest BCUT2D eigenvalue weighted by Gasteiger charge is -2.02. The summed E-state index contributed by atoms with van der Waals surface area (Å²) in [5.41, 5.74) is 1.67. The van der Waals surface area contributed by atoms with Gasteiger partial charge in [-0.15, -0.1) is 0 Å². The molecule has 0 bridgehead atoms. The van der Waals surface area contributed by atoms with Gasteiger partial charge in [0.2, 0.25) is 0 Å². The van der Waals surface area contributed by atoms with Crippen molar-refractivity contribution in [1.82, 2.24) is 9.97 Å². The lowest BCUT2D eigenvalue weighted by atomic mass is 10.1. The summed E-state index contributed by atoms with van der Waals surface area (Å²) < 4.78 is 0. The predicted octanol–water partition coefficient (Wildman–Crippen LogP) is 0.591. The molecule has 1 heterocycles. The second-order valence-electron chi connectivity index (χ2n) is 2.86. The second kappa shape index (κ2) is 2.55. The highest BCUT2D eigenvalue weighted by Gasteiger charge is 2.29. The first kappa shape index (κ1) is 7.21. The van der Waals surface area contributed by atoms with Crippen molar-refractivity contribution >= 4 is 5.97 Å². The van der Waals surface area contributed by atoms with E-state index in [4.69, 9.17) is 5.11 Å². The van der Waals surface area contributed by atoms with Crippen molar-refractivity contribution in [3.63, 3.8) is 0 Å². The number of nitrogens with zero attached hydrogens (tertiary/aromatic N) is 2. The molecule has 0 amide bonds. The van der Waals surface area contributed by atoms with E-state index in [0.29, 0.717) is 12.1 Å². The minimum absolute atomic E-state index is 0.414. The monoisotopic (exact) mass is 164 g/mol. The smallest absolute Gasteiger partial charge is 0.312 e. The Kier molecular flexibility index (Phi) is 1.53. The molecule has 0 spiro atoms. The lowest BCUT2D eigenvalue weighted by Crippen LogP contribution is -2.09. The van der Waals surface area contributed by atoms with E-state index in [2.05, 4.69) is 9.97 Å². The summed E-state index contributed by atoms with van der Waals surface area (Å²) >= 11 is 0. The Bertz CT molecular complexity index is 325. The van der Waals surface area contributed by atoms with Gasteiger partial charge in [0.1, 0.15) is 6.33 Å². The molecule has 0 aromatic carbocycles. The second-order valence-corrected chi connectivity index (χ2v) is 2.86. The van der Waals surface area contributed by atoms with Crippen molar-refractivity contribution in [3.05, 3.63) is 23.8 Å². The molecule has 1 N–H and O–H groups in total. The fourth-order valence-corrected chi connectivity index (χ4v) is 1.55. The van der Waals surface area contributed by atoms with Crippen LogP contribution in [0.5, 0.6) is 0 Å². The van der Waals surface area contributed by atoms with E-state index >= 15 is 0 Å². The third-order valence-electron chi connectivity index (χ3n) is 2.15. The molecule has 2 rings (SSSR count). The Hall–Kier alpha value is -1.45. The van der Waals surface area contributed by atoms with Crippen molar-refractivity contribution in [2.45, 2.75) is 18.8 Å². The maximum Gasteiger partial charge on any atom is 0.312 e. The first-order valence-corrected chi connectivity index (χ1v) is 3.80. The van der Waals surface area contributed by atoms with E-state index in [0.717, 1.165) is 12.0 Å².